The van der Waals surface area contributed by atoms with Gasteiger partial charge in [0.25, 0.3) is 5.91 Å². The van der Waals surface area contributed by atoms with Crippen LogP contribution in [0.15, 0.2) is 35.2 Å². The number of piperazine rings is 1. The van der Waals surface area contributed by atoms with E-state index in [1.165, 1.54) is 17.0 Å². The highest BCUT2D eigenvalue weighted by Gasteiger charge is 2.35. The zero-order valence-corrected chi connectivity index (χ0v) is 16.3. The number of nitrogens with one attached hydrogen (secondary N) is 2. The molecule has 3 amide bonds. The topological polar surface area (TPSA) is 129 Å². The summed E-state index contributed by atoms with van der Waals surface area (Å²) in [4.78, 5) is 38.4. The molecule has 0 bridgehead atoms. The number of amides is 3. The first-order valence-corrected chi connectivity index (χ1v) is 11.0. The Balaban J connectivity index is 1.58. The first-order chi connectivity index (χ1) is 13.4. The van der Waals surface area contributed by atoms with E-state index in [0.717, 1.165) is 6.42 Å². The van der Waals surface area contributed by atoms with E-state index in [4.69, 9.17) is 0 Å². The maximum absolute atomic E-state index is 12.5. The lowest BCUT2D eigenvalue weighted by Gasteiger charge is -2.31. The Kier molecular flexibility index (Phi) is 6.30. The molecule has 2 aliphatic heterocycles. The maximum Gasteiger partial charge on any atom is 0.280 e. The van der Waals surface area contributed by atoms with Gasteiger partial charge < -0.3 is 20.9 Å². The van der Waals surface area contributed by atoms with Crippen LogP contribution in [0.1, 0.15) is 12.8 Å². The summed E-state index contributed by atoms with van der Waals surface area (Å²) >= 11 is 0. The van der Waals surface area contributed by atoms with Crippen LogP contribution in [0.2, 0.25) is 0 Å². The predicted molar refractivity (Wildman–Crippen MR) is 99.8 cm³/mol. The molecule has 28 heavy (non-hydrogen) atoms. The van der Waals surface area contributed by atoms with Crippen LogP contribution in [0.5, 0.6) is 0 Å². The molecule has 0 radical (unpaired) electrons. The summed E-state index contributed by atoms with van der Waals surface area (Å²) in [6, 6.07) is 6.71. The molecule has 2 heterocycles. The lowest BCUT2D eigenvalue weighted by atomic mass is 10.1. The molecule has 2 atom stereocenters. The molecule has 0 aliphatic carbocycles. The van der Waals surface area contributed by atoms with E-state index in [1.807, 2.05) is 5.32 Å². The van der Waals surface area contributed by atoms with Gasteiger partial charge in [-0.3, -0.25) is 14.4 Å². The van der Waals surface area contributed by atoms with Crippen LogP contribution < -0.4 is 16.0 Å². The Morgan fingerprint density at radius 2 is 2.00 bits per heavy atom. The van der Waals surface area contributed by atoms with Gasteiger partial charge >= 0.3 is 0 Å². The van der Waals surface area contributed by atoms with Crippen molar-refractivity contribution in [3.63, 3.8) is 0 Å². The Hall–Kier alpha value is -2.46. The van der Waals surface area contributed by atoms with Gasteiger partial charge in [0.1, 0.15) is 11.8 Å². The molecule has 1 aromatic rings. The molecule has 4 N–H and O–H groups in total. The minimum absolute atomic E-state index is 0.101. The molecule has 2 fully saturated rings. The van der Waals surface area contributed by atoms with Crippen molar-refractivity contribution < 1.29 is 28.1 Å². The molecule has 1 aromatic carbocycles. The summed E-state index contributed by atoms with van der Waals surface area (Å²) in [5.74, 6) is -1.66. The summed E-state index contributed by atoms with van der Waals surface area (Å²) < 4.78 is 24.8. The predicted octanol–water partition coefficient (Wildman–Crippen LogP) is -2.37. The largest absolute Gasteiger partial charge is 0.354 e. The van der Waals surface area contributed by atoms with Crippen molar-refractivity contribution in [1.82, 2.24) is 15.5 Å². The van der Waals surface area contributed by atoms with Crippen LogP contribution in [0.25, 0.3) is 0 Å². The summed E-state index contributed by atoms with van der Waals surface area (Å²) in [5, 5.41) is 7.26. The third-order valence-corrected chi connectivity index (χ3v) is 6.59. The number of nitrogens with zero attached hydrogens (tertiary/aromatic N) is 1. The fraction of sp³-hybridized carbons (Fsp3) is 0.500. The molecular formula is C18H25N4O5S+. The van der Waals surface area contributed by atoms with E-state index in [1.54, 1.807) is 18.2 Å². The maximum atomic E-state index is 12.5. The van der Waals surface area contributed by atoms with Gasteiger partial charge in [0.15, 0.2) is 15.9 Å². The minimum Gasteiger partial charge on any atom is -0.354 e. The Labute approximate surface area is 163 Å². The van der Waals surface area contributed by atoms with Crippen LogP contribution in [-0.4, -0.2) is 75.1 Å². The van der Waals surface area contributed by atoms with E-state index in [9.17, 15) is 22.8 Å². The highest BCUT2D eigenvalue weighted by molar-refractivity contribution is 7.92. The van der Waals surface area contributed by atoms with Crippen molar-refractivity contribution in [2.75, 3.05) is 31.9 Å². The van der Waals surface area contributed by atoms with Gasteiger partial charge in [-0.15, -0.1) is 0 Å². The van der Waals surface area contributed by atoms with E-state index in [-0.39, 0.29) is 23.3 Å². The summed E-state index contributed by atoms with van der Waals surface area (Å²) in [6.07, 6.45) is 1.38. The second-order valence-electron chi connectivity index (χ2n) is 7.04. The molecular weight excluding hydrogens is 384 g/mol. The Bertz CT molecular complexity index is 843. The molecule has 0 unspecified atom stereocenters. The van der Waals surface area contributed by atoms with Gasteiger partial charge in [0.05, 0.1) is 24.5 Å². The van der Waals surface area contributed by atoms with Crippen molar-refractivity contribution in [2.45, 2.75) is 29.8 Å². The van der Waals surface area contributed by atoms with E-state index in [0.29, 0.717) is 26.1 Å². The molecule has 0 aromatic heterocycles. The third-order valence-electron chi connectivity index (χ3n) is 4.97. The van der Waals surface area contributed by atoms with Gasteiger partial charge in [-0.05, 0) is 25.0 Å². The number of hydrogen-bond donors (Lipinski definition) is 3. The zero-order valence-electron chi connectivity index (χ0n) is 15.5. The molecule has 10 heteroatoms. The fourth-order valence-electron chi connectivity index (χ4n) is 3.40. The smallest absolute Gasteiger partial charge is 0.280 e. The number of carbonyl (C=O) groups excluding carboxylic acids is 3. The average Bonchev–Trinajstić information content (AvgIpc) is 2.70. The second-order valence-corrected chi connectivity index (χ2v) is 9.03. The highest BCUT2D eigenvalue weighted by Crippen LogP contribution is 2.11. The van der Waals surface area contributed by atoms with Gasteiger partial charge in [-0.1, -0.05) is 18.2 Å². The number of rotatable bonds is 5. The number of nitrogens with two attached hydrogens (primary N) is 1. The SMILES string of the molecule is O=C1NCCC[C@@H]1NC(=O)[C@H]1CN(C(=O)CS(=O)(=O)c2ccccc2)CC[NH2+]1. The van der Waals surface area contributed by atoms with Crippen molar-refractivity contribution >= 4 is 27.6 Å². The number of piperidine rings is 1. The number of quaternary nitrogens is 1. The first-order valence-electron chi connectivity index (χ1n) is 9.34. The third kappa shape index (κ3) is 4.87. The molecule has 3 rings (SSSR count). The summed E-state index contributed by atoms with van der Waals surface area (Å²) in [7, 11) is -3.73. The van der Waals surface area contributed by atoms with E-state index >= 15 is 0 Å². The van der Waals surface area contributed by atoms with Crippen LogP contribution in [0.3, 0.4) is 0 Å². The number of hydrogen-bond acceptors (Lipinski definition) is 5. The summed E-state index contributed by atoms with van der Waals surface area (Å²) in [6.45, 7) is 1.59. The normalized spacial score (nSPS) is 23.0. The molecule has 0 saturated carbocycles. The molecule has 9 nitrogen and oxygen atoms in total. The van der Waals surface area contributed by atoms with E-state index < -0.39 is 33.6 Å². The van der Waals surface area contributed by atoms with Gasteiger partial charge in [-0.25, -0.2) is 8.42 Å². The highest BCUT2D eigenvalue weighted by atomic mass is 32.2. The summed E-state index contributed by atoms with van der Waals surface area (Å²) in [5.41, 5.74) is 0. The minimum atomic E-state index is -3.73. The second kappa shape index (κ2) is 8.70. The zero-order chi connectivity index (χ0) is 20.1. The van der Waals surface area contributed by atoms with Crippen LogP contribution in [-0.2, 0) is 24.2 Å². The molecule has 152 valence electrons. The monoisotopic (exact) mass is 409 g/mol. The molecule has 2 aliphatic rings. The van der Waals surface area contributed by atoms with Gasteiger partial charge in [0.2, 0.25) is 11.8 Å². The lowest BCUT2D eigenvalue weighted by Crippen LogP contribution is -2.98. The van der Waals surface area contributed by atoms with Crippen LogP contribution in [0, 0.1) is 0 Å². The standard InChI is InChI=1S/C18H24N4O5S/c23-16(12-28(26,27)13-5-2-1-3-6-13)22-10-9-19-15(11-22)18(25)21-14-7-4-8-20-17(14)24/h1-3,5-6,14-15,19H,4,7-12H2,(H,20,24)(H,21,25)/p+1/t14-,15+/m0/s1. The quantitative estimate of drug-likeness (QED) is 0.501. The van der Waals surface area contributed by atoms with Crippen molar-refractivity contribution in [3.8, 4) is 0 Å². The first kappa shape index (κ1) is 20.3. The number of sulfone groups is 1. The lowest BCUT2D eigenvalue weighted by molar-refractivity contribution is -0.684. The van der Waals surface area contributed by atoms with Crippen LogP contribution >= 0.6 is 0 Å². The number of carbonyl (C=O) groups is 3. The van der Waals surface area contributed by atoms with E-state index in [2.05, 4.69) is 10.6 Å². The fourth-order valence-corrected chi connectivity index (χ4v) is 4.65. The molecule has 0 spiro atoms. The average molecular weight is 409 g/mol. The van der Waals surface area contributed by atoms with Gasteiger partial charge in [-0.2, -0.15) is 0 Å². The van der Waals surface area contributed by atoms with Crippen molar-refractivity contribution in [2.24, 2.45) is 0 Å². The van der Waals surface area contributed by atoms with Crippen molar-refractivity contribution in [1.29, 1.82) is 0 Å². The number of benzene rings is 1. The molecule has 2 saturated heterocycles. The van der Waals surface area contributed by atoms with Crippen molar-refractivity contribution in [3.05, 3.63) is 30.3 Å². The van der Waals surface area contributed by atoms with Gasteiger partial charge in [0, 0.05) is 6.54 Å². The Morgan fingerprint density at radius 1 is 1.25 bits per heavy atom. The van der Waals surface area contributed by atoms with Crippen LogP contribution in [0.4, 0.5) is 0 Å². The Morgan fingerprint density at radius 3 is 2.71 bits per heavy atom.